The molecule has 0 saturated carbocycles. The average molecular weight is 271 g/mol. The Kier molecular flexibility index (Phi) is 5.59. The molecule has 0 aromatic heterocycles. The molecule has 1 atom stereocenters. The van der Waals surface area contributed by atoms with Gasteiger partial charge in [-0.25, -0.2) is 0 Å². The molecule has 0 aliphatic heterocycles. The highest BCUT2D eigenvalue weighted by molar-refractivity contribution is 5.36. The molecule has 0 unspecified atom stereocenters. The first kappa shape index (κ1) is 14.6. The molecular formula is C17H21NO2. The van der Waals surface area contributed by atoms with Crippen molar-refractivity contribution in [3.05, 3.63) is 65.7 Å². The van der Waals surface area contributed by atoms with Crippen LogP contribution in [0.1, 0.15) is 30.0 Å². The highest BCUT2D eigenvalue weighted by atomic mass is 16.5. The van der Waals surface area contributed by atoms with Crippen LogP contribution < -0.4 is 10.5 Å². The average Bonchev–Trinajstić information content (AvgIpc) is 2.52. The molecule has 106 valence electrons. The van der Waals surface area contributed by atoms with E-state index >= 15 is 0 Å². The van der Waals surface area contributed by atoms with Crippen molar-refractivity contribution in [2.45, 2.75) is 25.5 Å². The molecule has 0 saturated heterocycles. The number of ether oxygens (including phenoxy) is 1. The largest absolute Gasteiger partial charge is 0.489 e. The van der Waals surface area contributed by atoms with Crippen LogP contribution in [0, 0.1) is 0 Å². The van der Waals surface area contributed by atoms with Gasteiger partial charge in [0, 0.05) is 18.2 Å². The number of hydrogen-bond acceptors (Lipinski definition) is 3. The van der Waals surface area contributed by atoms with Gasteiger partial charge in [0.25, 0.3) is 0 Å². The van der Waals surface area contributed by atoms with Crippen LogP contribution in [0.15, 0.2) is 54.6 Å². The van der Waals surface area contributed by atoms with E-state index in [0.717, 1.165) is 23.3 Å². The van der Waals surface area contributed by atoms with Gasteiger partial charge < -0.3 is 15.6 Å². The minimum atomic E-state index is -0.103. The number of aliphatic hydroxyl groups excluding tert-OH is 1. The minimum absolute atomic E-state index is 0.103. The van der Waals surface area contributed by atoms with Crippen molar-refractivity contribution in [1.82, 2.24) is 0 Å². The van der Waals surface area contributed by atoms with Crippen molar-refractivity contribution in [2.75, 3.05) is 6.61 Å². The molecule has 0 fully saturated rings. The molecule has 3 heteroatoms. The van der Waals surface area contributed by atoms with Crippen molar-refractivity contribution in [3.63, 3.8) is 0 Å². The summed E-state index contributed by atoms with van der Waals surface area (Å²) in [5.41, 5.74) is 8.29. The fourth-order valence-electron chi connectivity index (χ4n) is 2.12. The van der Waals surface area contributed by atoms with Crippen LogP contribution in [0.4, 0.5) is 0 Å². The monoisotopic (exact) mass is 271 g/mol. The zero-order valence-corrected chi connectivity index (χ0v) is 11.5. The zero-order valence-electron chi connectivity index (χ0n) is 11.5. The first-order valence-electron chi connectivity index (χ1n) is 6.93. The first-order chi connectivity index (χ1) is 9.81. The van der Waals surface area contributed by atoms with E-state index in [1.54, 1.807) is 0 Å². The Morgan fingerprint density at radius 2 is 1.70 bits per heavy atom. The van der Waals surface area contributed by atoms with E-state index in [9.17, 15) is 0 Å². The van der Waals surface area contributed by atoms with Gasteiger partial charge in [-0.05, 0) is 24.5 Å². The summed E-state index contributed by atoms with van der Waals surface area (Å²) in [6.45, 7) is 0.700. The maximum Gasteiger partial charge on any atom is 0.124 e. The Balaban J connectivity index is 2.04. The van der Waals surface area contributed by atoms with Crippen molar-refractivity contribution >= 4 is 0 Å². The number of benzene rings is 2. The number of hydrogen-bond donors (Lipinski definition) is 2. The number of rotatable bonds is 7. The molecule has 0 aliphatic carbocycles. The van der Waals surface area contributed by atoms with Gasteiger partial charge in [-0.15, -0.1) is 0 Å². The lowest BCUT2D eigenvalue weighted by Crippen LogP contribution is -2.12. The van der Waals surface area contributed by atoms with Gasteiger partial charge in [-0.2, -0.15) is 0 Å². The van der Waals surface area contributed by atoms with E-state index in [1.165, 1.54) is 0 Å². The maximum absolute atomic E-state index is 8.90. The predicted molar refractivity (Wildman–Crippen MR) is 80.5 cm³/mol. The first-order valence-corrected chi connectivity index (χ1v) is 6.93. The molecule has 0 heterocycles. The van der Waals surface area contributed by atoms with E-state index in [0.29, 0.717) is 13.0 Å². The highest BCUT2D eigenvalue weighted by Crippen LogP contribution is 2.27. The second-order valence-corrected chi connectivity index (χ2v) is 4.78. The second kappa shape index (κ2) is 7.68. The zero-order chi connectivity index (χ0) is 14.2. The molecule has 0 aliphatic rings. The summed E-state index contributed by atoms with van der Waals surface area (Å²) in [5.74, 6) is 0.821. The summed E-state index contributed by atoms with van der Waals surface area (Å²) in [6.07, 6.45) is 1.45. The van der Waals surface area contributed by atoms with Crippen LogP contribution in [0.5, 0.6) is 5.75 Å². The summed E-state index contributed by atoms with van der Waals surface area (Å²) in [5, 5.41) is 8.90. The molecule has 3 N–H and O–H groups in total. The molecule has 0 bridgehead atoms. The van der Waals surface area contributed by atoms with E-state index < -0.39 is 0 Å². The van der Waals surface area contributed by atoms with E-state index in [4.69, 9.17) is 15.6 Å². The lowest BCUT2D eigenvalue weighted by atomic mass is 10.0. The summed E-state index contributed by atoms with van der Waals surface area (Å²) in [7, 11) is 0. The Hall–Kier alpha value is -1.84. The van der Waals surface area contributed by atoms with Gasteiger partial charge >= 0.3 is 0 Å². The molecule has 20 heavy (non-hydrogen) atoms. The molecule has 2 aromatic rings. The third kappa shape index (κ3) is 4.08. The normalized spacial score (nSPS) is 12.1. The van der Waals surface area contributed by atoms with Crippen LogP contribution in [0.25, 0.3) is 0 Å². The predicted octanol–water partition coefficient (Wildman–Crippen LogP) is 3.04. The van der Waals surface area contributed by atoms with Gasteiger partial charge in [0.2, 0.25) is 0 Å². The van der Waals surface area contributed by atoms with Gasteiger partial charge in [0.05, 0.1) is 0 Å². The molecule has 2 aromatic carbocycles. The molecular weight excluding hydrogens is 250 g/mol. The summed E-state index contributed by atoms with van der Waals surface area (Å²) >= 11 is 0. The van der Waals surface area contributed by atoms with Gasteiger partial charge in [-0.3, -0.25) is 0 Å². The Morgan fingerprint density at radius 1 is 1.00 bits per heavy atom. The summed E-state index contributed by atoms with van der Waals surface area (Å²) < 4.78 is 5.88. The molecule has 3 nitrogen and oxygen atoms in total. The minimum Gasteiger partial charge on any atom is -0.489 e. The Bertz CT molecular complexity index is 513. The third-order valence-electron chi connectivity index (χ3n) is 3.23. The van der Waals surface area contributed by atoms with E-state index in [2.05, 4.69) is 0 Å². The van der Waals surface area contributed by atoms with Crippen molar-refractivity contribution in [1.29, 1.82) is 0 Å². The quantitative estimate of drug-likeness (QED) is 0.814. The SMILES string of the molecule is N[C@H](CCCO)c1ccccc1OCc1ccccc1. The van der Waals surface area contributed by atoms with E-state index in [-0.39, 0.29) is 12.6 Å². The number of aliphatic hydroxyl groups is 1. The Morgan fingerprint density at radius 3 is 2.45 bits per heavy atom. The lowest BCUT2D eigenvalue weighted by Gasteiger charge is -2.16. The van der Waals surface area contributed by atoms with E-state index in [1.807, 2.05) is 54.6 Å². The number of nitrogens with two attached hydrogens (primary N) is 1. The summed E-state index contributed by atoms with van der Waals surface area (Å²) in [4.78, 5) is 0. The van der Waals surface area contributed by atoms with Crippen LogP contribution in [0.3, 0.4) is 0 Å². The van der Waals surface area contributed by atoms with Crippen molar-refractivity contribution in [3.8, 4) is 5.75 Å². The van der Waals surface area contributed by atoms with Crippen LogP contribution in [-0.4, -0.2) is 11.7 Å². The second-order valence-electron chi connectivity index (χ2n) is 4.78. The van der Waals surface area contributed by atoms with Crippen molar-refractivity contribution in [2.24, 2.45) is 5.73 Å². The smallest absolute Gasteiger partial charge is 0.124 e. The van der Waals surface area contributed by atoms with Gasteiger partial charge in [-0.1, -0.05) is 48.5 Å². The number of para-hydroxylation sites is 1. The molecule has 0 radical (unpaired) electrons. The topological polar surface area (TPSA) is 55.5 Å². The van der Waals surface area contributed by atoms with Crippen LogP contribution in [-0.2, 0) is 6.61 Å². The van der Waals surface area contributed by atoms with Gasteiger partial charge in [0.1, 0.15) is 12.4 Å². The standard InChI is InChI=1S/C17H21NO2/c18-16(10-6-12-19)15-9-4-5-11-17(15)20-13-14-7-2-1-3-8-14/h1-5,7-9,11,16,19H,6,10,12-13,18H2/t16-/m1/s1. The third-order valence-corrected chi connectivity index (χ3v) is 3.23. The molecule has 0 amide bonds. The highest BCUT2D eigenvalue weighted by Gasteiger charge is 2.11. The van der Waals surface area contributed by atoms with Crippen LogP contribution in [0.2, 0.25) is 0 Å². The molecule has 0 spiro atoms. The summed E-state index contributed by atoms with van der Waals surface area (Å²) in [6, 6.07) is 17.8. The molecule has 2 rings (SSSR count). The van der Waals surface area contributed by atoms with Gasteiger partial charge in [0.15, 0.2) is 0 Å². The fraction of sp³-hybridized carbons (Fsp3) is 0.294. The fourth-order valence-corrected chi connectivity index (χ4v) is 2.12. The van der Waals surface area contributed by atoms with Crippen LogP contribution >= 0.6 is 0 Å². The van der Waals surface area contributed by atoms with Crippen molar-refractivity contribution < 1.29 is 9.84 Å². The maximum atomic E-state index is 8.90. The Labute approximate surface area is 120 Å². The lowest BCUT2D eigenvalue weighted by molar-refractivity contribution is 0.276.